The van der Waals surface area contributed by atoms with Crippen molar-refractivity contribution in [1.29, 1.82) is 0 Å². The number of aromatic nitrogens is 2. The second kappa shape index (κ2) is 7.23. The van der Waals surface area contributed by atoms with E-state index >= 15 is 0 Å². The summed E-state index contributed by atoms with van der Waals surface area (Å²) in [5.74, 6) is 0.824. The smallest absolute Gasteiger partial charge is 0.266 e. The monoisotopic (exact) mass is 376 g/mol. The molecule has 1 aliphatic carbocycles. The van der Waals surface area contributed by atoms with Crippen LogP contribution in [0.25, 0.3) is 0 Å². The second-order valence-electron chi connectivity index (χ2n) is 5.00. The minimum Gasteiger partial charge on any atom is -0.352 e. The number of anilines is 1. The van der Waals surface area contributed by atoms with Gasteiger partial charge in [-0.1, -0.05) is 19.3 Å². The van der Waals surface area contributed by atoms with E-state index in [1.165, 1.54) is 38.4 Å². The molecule has 5 nitrogen and oxygen atoms in total. The molecule has 0 aliphatic heterocycles. The van der Waals surface area contributed by atoms with Gasteiger partial charge in [-0.3, -0.25) is 4.79 Å². The van der Waals surface area contributed by atoms with Gasteiger partial charge in [0, 0.05) is 12.6 Å². The first-order chi connectivity index (χ1) is 9.24. The number of aromatic amines is 1. The van der Waals surface area contributed by atoms with E-state index in [0.717, 1.165) is 18.8 Å². The lowest BCUT2D eigenvalue weighted by Gasteiger charge is -2.35. The third-order valence-electron chi connectivity index (χ3n) is 3.67. The summed E-state index contributed by atoms with van der Waals surface area (Å²) in [5.41, 5.74) is 5.58. The van der Waals surface area contributed by atoms with Gasteiger partial charge in [0.1, 0.15) is 9.39 Å². The summed E-state index contributed by atoms with van der Waals surface area (Å²) in [6, 6.07) is 0.503. The molecule has 1 fully saturated rings. The van der Waals surface area contributed by atoms with Gasteiger partial charge in [-0.2, -0.15) is 0 Å². The maximum absolute atomic E-state index is 11.7. The van der Waals surface area contributed by atoms with Gasteiger partial charge in [0.05, 0.1) is 6.33 Å². The molecule has 3 N–H and O–H groups in total. The topological polar surface area (TPSA) is 75.0 Å². The Morgan fingerprint density at radius 3 is 2.84 bits per heavy atom. The average Bonchev–Trinajstić information content (AvgIpc) is 2.45. The zero-order valence-electron chi connectivity index (χ0n) is 11.1. The Hall–Kier alpha value is -0.630. The molecule has 2 rings (SSSR count). The van der Waals surface area contributed by atoms with Crippen LogP contribution in [0.1, 0.15) is 38.5 Å². The Morgan fingerprint density at radius 1 is 1.42 bits per heavy atom. The van der Waals surface area contributed by atoms with E-state index in [1.807, 2.05) is 0 Å². The molecular formula is C13H21IN4O. The van der Waals surface area contributed by atoms with Gasteiger partial charge < -0.3 is 15.6 Å². The van der Waals surface area contributed by atoms with Crippen LogP contribution in [-0.2, 0) is 0 Å². The summed E-state index contributed by atoms with van der Waals surface area (Å²) in [5, 5.41) is 0. The van der Waals surface area contributed by atoms with Crippen LogP contribution >= 0.6 is 22.6 Å². The molecule has 1 aliphatic rings. The Kier molecular flexibility index (Phi) is 5.62. The zero-order valence-corrected chi connectivity index (χ0v) is 13.2. The second-order valence-corrected chi connectivity index (χ2v) is 6.08. The normalized spacial score (nSPS) is 16.5. The van der Waals surface area contributed by atoms with E-state index < -0.39 is 0 Å². The zero-order chi connectivity index (χ0) is 13.7. The van der Waals surface area contributed by atoms with Gasteiger partial charge in [-0.15, -0.1) is 0 Å². The van der Waals surface area contributed by atoms with Crippen molar-refractivity contribution in [1.82, 2.24) is 9.97 Å². The number of hydrogen-bond acceptors (Lipinski definition) is 4. The van der Waals surface area contributed by atoms with Crippen LogP contribution in [0.4, 0.5) is 5.82 Å². The van der Waals surface area contributed by atoms with Crippen LogP contribution < -0.4 is 16.2 Å². The third-order valence-corrected chi connectivity index (χ3v) is 4.64. The number of hydrogen-bond donors (Lipinski definition) is 2. The Bertz CT molecular complexity index is 456. The standard InChI is InChI=1S/C13H21IN4O/c14-11-12(16-9-17-13(11)19)18(8-4-7-15)10-5-2-1-3-6-10/h9-10H,1-8,15H2,(H,16,17,19). The minimum absolute atomic E-state index is 0.0563. The van der Waals surface area contributed by atoms with Gasteiger partial charge in [0.2, 0.25) is 0 Å². The van der Waals surface area contributed by atoms with Gasteiger partial charge in [0.15, 0.2) is 0 Å². The number of rotatable bonds is 5. The number of H-pyrrole nitrogens is 1. The fourth-order valence-corrected chi connectivity index (χ4v) is 3.29. The molecule has 0 radical (unpaired) electrons. The van der Waals surface area contributed by atoms with Crippen molar-refractivity contribution in [2.45, 2.75) is 44.6 Å². The van der Waals surface area contributed by atoms with Crippen molar-refractivity contribution in [3.63, 3.8) is 0 Å². The first-order valence-corrected chi connectivity index (χ1v) is 8.02. The highest BCUT2D eigenvalue weighted by Gasteiger charge is 2.24. The maximum atomic E-state index is 11.7. The van der Waals surface area contributed by atoms with Gasteiger partial charge >= 0.3 is 0 Å². The molecule has 0 bridgehead atoms. The highest BCUT2D eigenvalue weighted by atomic mass is 127. The molecular weight excluding hydrogens is 355 g/mol. The summed E-state index contributed by atoms with van der Waals surface area (Å²) in [6.07, 6.45) is 8.66. The molecule has 1 aromatic rings. The van der Waals surface area contributed by atoms with Crippen LogP contribution in [0.15, 0.2) is 11.1 Å². The summed E-state index contributed by atoms with van der Waals surface area (Å²) >= 11 is 2.09. The fourth-order valence-electron chi connectivity index (χ4n) is 2.69. The molecule has 106 valence electrons. The van der Waals surface area contributed by atoms with Crippen molar-refractivity contribution in [3.8, 4) is 0 Å². The quantitative estimate of drug-likeness (QED) is 0.770. The SMILES string of the molecule is NCCCN(c1nc[nH]c(=O)c1I)C1CCCCC1. The summed E-state index contributed by atoms with van der Waals surface area (Å²) in [4.78, 5) is 21.1. The van der Waals surface area contributed by atoms with Crippen molar-refractivity contribution in [3.05, 3.63) is 20.3 Å². The number of nitrogens with one attached hydrogen (secondary N) is 1. The molecule has 0 amide bonds. The third kappa shape index (κ3) is 3.68. The summed E-state index contributed by atoms with van der Waals surface area (Å²) < 4.78 is 0.683. The maximum Gasteiger partial charge on any atom is 0.266 e. The van der Waals surface area contributed by atoms with E-state index in [-0.39, 0.29) is 5.56 Å². The molecule has 1 saturated carbocycles. The van der Waals surface area contributed by atoms with Crippen LogP contribution in [-0.4, -0.2) is 29.1 Å². The van der Waals surface area contributed by atoms with Crippen molar-refractivity contribution in [2.24, 2.45) is 5.73 Å². The lowest BCUT2D eigenvalue weighted by Crippen LogP contribution is -2.40. The van der Waals surface area contributed by atoms with E-state index in [4.69, 9.17) is 5.73 Å². The number of nitrogens with two attached hydrogens (primary N) is 1. The van der Waals surface area contributed by atoms with E-state index in [1.54, 1.807) is 0 Å². The Balaban J connectivity index is 2.25. The Labute approximate surface area is 127 Å². The molecule has 0 aromatic carbocycles. The first-order valence-electron chi connectivity index (χ1n) is 6.94. The summed E-state index contributed by atoms with van der Waals surface area (Å²) in [7, 11) is 0. The van der Waals surface area contributed by atoms with Crippen molar-refractivity contribution < 1.29 is 0 Å². The van der Waals surface area contributed by atoms with E-state index in [2.05, 4.69) is 37.5 Å². The van der Waals surface area contributed by atoms with E-state index in [9.17, 15) is 4.79 Å². The van der Waals surface area contributed by atoms with Crippen molar-refractivity contribution >= 4 is 28.4 Å². The largest absolute Gasteiger partial charge is 0.352 e. The minimum atomic E-state index is -0.0563. The molecule has 1 heterocycles. The molecule has 19 heavy (non-hydrogen) atoms. The van der Waals surface area contributed by atoms with Gasteiger partial charge in [-0.25, -0.2) is 4.98 Å². The van der Waals surface area contributed by atoms with Crippen LogP contribution in [0, 0.1) is 3.57 Å². The molecule has 0 spiro atoms. The highest BCUT2D eigenvalue weighted by Crippen LogP contribution is 2.27. The molecule has 6 heteroatoms. The van der Waals surface area contributed by atoms with Crippen molar-refractivity contribution in [2.75, 3.05) is 18.0 Å². The average molecular weight is 376 g/mol. The van der Waals surface area contributed by atoms with Crippen LogP contribution in [0.5, 0.6) is 0 Å². The number of halogens is 1. The van der Waals surface area contributed by atoms with Crippen LogP contribution in [0.3, 0.4) is 0 Å². The molecule has 0 atom stereocenters. The predicted octanol–water partition coefficient (Wildman–Crippen LogP) is 1.86. The predicted molar refractivity (Wildman–Crippen MR) is 85.5 cm³/mol. The van der Waals surface area contributed by atoms with Gasteiger partial charge in [0.25, 0.3) is 5.56 Å². The van der Waals surface area contributed by atoms with E-state index in [0.29, 0.717) is 16.2 Å². The Morgan fingerprint density at radius 2 is 2.16 bits per heavy atom. The molecule has 0 saturated heterocycles. The summed E-state index contributed by atoms with van der Waals surface area (Å²) in [6.45, 7) is 1.55. The first kappa shape index (κ1) is 14.8. The lowest BCUT2D eigenvalue weighted by atomic mass is 9.94. The van der Waals surface area contributed by atoms with Crippen LogP contribution in [0.2, 0.25) is 0 Å². The molecule has 1 aromatic heterocycles. The number of nitrogens with zero attached hydrogens (tertiary/aromatic N) is 2. The lowest BCUT2D eigenvalue weighted by molar-refractivity contribution is 0.410. The van der Waals surface area contributed by atoms with Gasteiger partial charge in [-0.05, 0) is 48.4 Å². The molecule has 0 unspecified atom stereocenters. The fraction of sp³-hybridized carbons (Fsp3) is 0.692. The highest BCUT2D eigenvalue weighted by molar-refractivity contribution is 14.1.